The van der Waals surface area contributed by atoms with Crippen LogP contribution < -0.4 is 10.6 Å². The third-order valence-electron chi connectivity index (χ3n) is 2.19. The maximum absolute atomic E-state index is 11.4. The van der Waals surface area contributed by atoms with Gasteiger partial charge in [-0.15, -0.1) is 11.3 Å². The molecule has 1 aromatic rings. The predicted molar refractivity (Wildman–Crippen MR) is 73.3 cm³/mol. The average molecular weight is 335 g/mol. The molecule has 7 heteroatoms. The first-order valence-electron chi connectivity index (χ1n) is 5.32. The van der Waals surface area contributed by atoms with Crippen LogP contribution in [0.5, 0.6) is 0 Å². The maximum Gasteiger partial charge on any atom is 0.329 e. The lowest BCUT2D eigenvalue weighted by molar-refractivity contribution is -0.144. The molecule has 1 amide bonds. The van der Waals surface area contributed by atoms with Crippen molar-refractivity contribution in [3.63, 3.8) is 0 Å². The molecule has 2 N–H and O–H groups in total. The van der Waals surface area contributed by atoms with Gasteiger partial charge in [0.1, 0.15) is 6.04 Å². The summed E-state index contributed by atoms with van der Waals surface area (Å²) in [6.45, 7) is 2.33. The molecule has 0 aromatic carbocycles. The van der Waals surface area contributed by atoms with Gasteiger partial charge >= 0.3 is 5.97 Å². The van der Waals surface area contributed by atoms with E-state index in [4.69, 9.17) is 0 Å². The highest BCUT2D eigenvalue weighted by atomic mass is 79.9. The highest BCUT2D eigenvalue weighted by Crippen LogP contribution is 2.21. The summed E-state index contributed by atoms with van der Waals surface area (Å²) in [6, 6.07) is 1.30. The molecule has 1 heterocycles. The van der Waals surface area contributed by atoms with E-state index in [1.165, 1.54) is 14.0 Å². The van der Waals surface area contributed by atoms with E-state index in [0.717, 1.165) is 9.35 Å². The molecular formula is C11H15BrN2O3S. The number of carbonyl (C=O) groups excluding carboxylic acids is 2. The smallest absolute Gasteiger partial charge is 0.329 e. The van der Waals surface area contributed by atoms with Crippen molar-refractivity contribution in [3.05, 3.63) is 20.8 Å². The minimum atomic E-state index is -0.661. The van der Waals surface area contributed by atoms with Gasteiger partial charge in [0, 0.05) is 29.4 Å². The van der Waals surface area contributed by atoms with E-state index < -0.39 is 12.0 Å². The summed E-state index contributed by atoms with van der Waals surface area (Å²) in [6.07, 6.45) is 0. The molecule has 0 spiro atoms. The Labute approximate surface area is 118 Å². The first kappa shape index (κ1) is 15.1. The topological polar surface area (TPSA) is 67.4 Å². The van der Waals surface area contributed by atoms with Gasteiger partial charge in [0.15, 0.2) is 0 Å². The number of hydrogen-bond donors (Lipinski definition) is 2. The second-order valence-electron chi connectivity index (χ2n) is 3.60. The quantitative estimate of drug-likeness (QED) is 0.769. The van der Waals surface area contributed by atoms with E-state index in [0.29, 0.717) is 13.1 Å². The molecule has 0 aliphatic rings. The van der Waals surface area contributed by atoms with Gasteiger partial charge in [0.2, 0.25) is 5.91 Å². The van der Waals surface area contributed by atoms with E-state index in [9.17, 15) is 9.59 Å². The van der Waals surface area contributed by atoms with Crippen LogP contribution in [-0.4, -0.2) is 31.6 Å². The van der Waals surface area contributed by atoms with Crippen LogP contribution >= 0.6 is 27.3 Å². The van der Waals surface area contributed by atoms with E-state index in [-0.39, 0.29) is 5.91 Å². The number of rotatable bonds is 6. The van der Waals surface area contributed by atoms with Crippen LogP contribution in [0.2, 0.25) is 0 Å². The monoisotopic (exact) mass is 334 g/mol. The minimum Gasteiger partial charge on any atom is -0.467 e. The summed E-state index contributed by atoms with van der Waals surface area (Å²) in [4.78, 5) is 23.5. The largest absolute Gasteiger partial charge is 0.467 e. The zero-order valence-electron chi connectivity index (χ0n) is 10.2. The highest BCUT2D eigenvalue weighted by molar-refractivity contribution is 9.10. The predicted octanol–water partition coefficient (Wildman–Crippen LogP) is 1.28. The number of ether oxygens (including phenoxy) is 1. The summed E-state index contributed by atoms with van der Waals surface area (Å²) in [5.41, 5.74) is 0. The number of carbonyl (C=O) groups is 2. The molecule has 1 atom stereocenters. The van der Waals surface area contributed by atoms with Crippen molar-refractivity contribution in [1.82, 2.24) is 10.6 Å². The Morgan fingerprint density at radius 1 is 1.56 bits per heavy atom. The fraction of sp³-hybridized carbons (Fsp3) is 0.455. The van der Waals surface area contributed by atoms with Gasteiger partial charge in [-0.2, -0.15) is 0 Å². The summed E-state index contributed by atoms with van der Waals surface area (Å²) in [7, 11) is 1.30. The van der Waals surface area contributed by atoms with Crippen molar-refractivity contribution < 1.29 is 14.3 Å². The van der Waals surface area contributed by atoms with E-state index in [2.05, 4.69) is 31.3 Å². The van der Waals surface area contributed by atoms with Crippen LogP contribution in [0.15, 0.2) is 15.9 Å². The molecular weight excluding hydrogens is 320 g/mol. The fourth-order valence-electron chi connectivity index (χ4n) is 1.36. The SMILES string of the molecule is COC(=O)C(CNCc1sccc1Br)NC(C)=O. The van der Waals surface area contributed by atoms with Gasteiger partial charge in [-0.05, 0) is 27.4 Å². The number of hydrogen-bond acceptors (Lipinski definition) is 5. The number of esters is 1. The Hall–Kier alpha value is -0.920. The van der Waals surface area contributed by atoms with Crippen LogP contribution in [0.1, 0.15) is 11.8 Å². The Bertz CT molecular complexity index is 422. The number of thiophene rings is 1. The van der Waals surface area contributed by atoms with Gasteiger partial charge in [0.25, 0.3) is 0 Å². The van der Waals surface area contributed by atoms with E-state index >= 15 is 0 Å². The van der Waals surface area contributed by atoms with Crippen LogP contribution in [-0.2, 0) is 20.9 Å². The second kappa shape index (κ2) is 7.50. The summed E-state index contributed by atoms with van der Waals surface area (Å²) in [5.74, 6) is -0.715. The van der Waals surface area contributed by atoms with Gasteiger partial charge < -0.3 is 15.4 Å². The molecule has 0 fully saturated rings. The summed E-state index contributed by atoms with van der Waals surface area (Å²) >= 11 is 5.04. The Kier molecular flexibility index (Phi) is 6.31. The van der Waals surface area contributed by atoms with Gasteiger partial charge in [-0.25, -0.2) is 4.79 Å². The molecule has 1 aromatic heterocycles. The molecule has 1 unspecified atom stereocenters. The summed E-state index contributed by atoms with van der Waals surface area (Å²) < 4.78 is 5.66. The highest BCUT2D eigenvalue weighted by Gasteiger charge is 2.19. The number of methoxy groups -OCH3 is 1. The number of amides is 1. The van der Waals surface area contributed by atoms with Crippen molar-refractivity contribution in [3.8, 4) is 0 Å². The summed E-state index contributed by atoms with van der Waals surface area (Å²) in [5, 5.41) is 7.63. The molecule has 18 heavy (non-hydrogen) atoms. The van der Waals surface area contributed by atoms with Crippen molar-refractivity contribution >= 4 is 39.1 Å². The number of nitrogens with one attached hydrogen (secondary N) is 2. The molecule has 100 valence electrons. The van der Waals surface area contributed by atoms with Crippen molar-refractivity contribution in [2.45, 2.75) is 19.5 Å². The lowest BCUT2D eigenvalue weighted by Gasteiger charge is -2.15. The third kappa shape index (κ3) is 4.75. The molecule has 0 aliphatic carbocycles. The zero-order chi connectivity index (χ0) is 13.5. The van der Waals surface area contributed by atoms with Gasteiger partial charge in [0.05, 0.1) is 7.11 Å². The normalized spacial score (nSPS) is 11.9. The van der Waals surface area contributed by atoms with Crippen LogP contribution in [0, 0.1) is 0 Å². The van der Waals surface area contributed by atoms with Crippen LogP contribution in [0.4, 0.5) is 0 Å². The third-order valence-corrected chi connectivity index (χ3v) is 4.11. The van der Waals surface area contributed by atoms with Gasteiger partial charge in [-0.1, -0.05) is 0 Å². The average Bonchev–Trinajstić information content (AvgIpc) is 2.72. The van der Waals surface area contributed by atoms with E-state index in [1.54, 1.807) is 11.3 Å². The second-order valence-corrected chi connectivity index (χ2v) is 5.45. The van der Waals surface area contributed by atoms with Crippen molar-refractivity contribution in [2.75, 3.05) is 13.7 Å². The minimum absolute atomic E-state index is 0.260. The maximum atomic E-state index is 11.4. The van der Waals surface area contributed by atoms with Crippen molar-refractivity contribution in [2.24, 2.45) is 0 Å². The Morgan fingerprint density at radius 3 is 2.78 bits per heavy atom. The van der Waals surface area contributed by atoms with Gasteiger partial charge in [-0.3, -0.25) is 4.79 Å². The molecule has 0 bridgehead atoms. The van der Waals surface area contributed by atoms with Crippen molar-refractivity contribution in [1.29, 1.82) is 0 Å². The van der Waals surface area contributed by atoms with Crippen LogP contribution in [0.25, 0.3) is 0 Å². The first-order chi connectivity index (χ1) is 8.54. The van der Waals surface area contributed by atoms with Crippen LogP contribution in [0.3, 0.4) is 0 Å². The molecule has 0 radical (unpaired) electrons. The first-order valence-corrected chi connectivity index (χ1v) is 6.99. The molecule has 1 rings (SSSR count). The molecule has 5 nitrogen and oxygen atoms in total. The molecule has 0 aliphatic heterocycles. The fourth-order valence-corrected chi connectivity index (χ4v) is 2.82. The van der Waals surface area contributed by atoms with E-state index in [1.807, 2.05) is 11.4 Å². The Balaban J connectivity index is 2.44. The standard InChI is InChI=1S/C11H15BrN2O3S/c1-7(15)14-9(11(16)17-2)5-13-6-10-8(12)3-4-18-10/h3-4,9,13H,5-6H2,1-2H3,(H,14,15). The lowest BCUT2D eigenvalue weighted by Crippen LogP contribution is -2.46. The lowest BCUT2D eigenvalue weighted by atomic mass is 10.3. The number of halogens is 1. The molecule has 0 saturated heterocycles. The zero-order valence-corrected chi connectivity index (χ0v) is 12.6. The molecule has 0 saturated carbocycles. The Morgan fingerprint density at radius 2 is 2.28 bits per heavy atom.